The number of rotatable bonds is 4. The topological polar surface area (TPSA) is 33.5 Å². The largest absolute Gasteiger partial charge is 0.348 e. The lowest BCUT2D eigenvalue weighted by Crippen LogP contribution is -3.07. The van der Waals surface area contributed by atoms with Gasteiger partial charge in [0.1, 0.15) is 0 Å². The van der Waals surface area contributed by atoms with E-state index in [-0.39, 0.29) is 11.9 Å². The van der Waals surface area contributed by atoms with E-state index < -0.39 is 0 Å². The van der Waals surface area contributed by atoms with E-state index in [0.717, 1.165) is 23.3 Å². The molecule has 0 aliphatic heterocycles. The van der Waals surface area contributed by atoms with E-state index in [9.17, 15) is 4.79 Å². The van der Waals surface area contributed by atoms with Crippen molar-refractivity contribution in [2.24, 2.45) is 0 Å². The van der Waals surface area contributed by atoms with Crippen molar-refractivity contribution in [3.63, 3.8) is 0 Å². The van der Waals surface area contributed by atoms with Crippen LogP contribution in [0, 0.1) is 6.92 Å². The summed E-state index contributed by atoms with van der Waals surface area (Å²) in [6.45, 7) is 2.07. The van der Waals surface area contributed by atoms with Gasteiger partial charge in [-0.3, -0.25) is 4.79 Å². The number of hydrogen-bond donors (Lipinski definition) is 2. The molecule has 0 bridgehead atoms. The van der Waals surface area contributed by atoms with Gasteiger partial charge in [0, 0.05) is 11.6 Å². The van der Waals surface area contributed by atoms with Crippen LogP contribution in [0.4, 0.5) is 0 Å². The van der Waals surface area contributed by atoms with Crippen LogP contribution in [0.25, 0.3) is 0 Å². The molecular weight excluding hydrogens is 248 g/mol. The Bertz CT molecular complexity index is 433. The molecule has 0 aromatic heterocycles. The van der Waals surface area contributed by atoms with Gasteiger partial charge in [-0.1, -0.05) is 49.1 Å². The summed E-state index contributed by atoms with van der Waals surface area (Å²) in [6.07, 6.45) is 6.07. The van der Waals surface area contributed by atoms with E-state index in [1.807, 2.05) is 14.1 Å². The molecule has 1 atom stereocenters. The van der Waals surface area contributed by atoms with Crippen LogP contribution in [-0.2, 0) is 4.79 Å². The van der Waals surface area contributed by atoms with Crippen LogP contribution in [-0.4, -0.2) is 26.0 Å². The van der Waals surface area contributed by atoms with Crippen molar-refractivity contribution < 1.29 is 9.69 Å². The lowest BCUT2D eigenvalue weighted by molar-refractivity contribution is -0.881. The summed E-state index contributed by atoms with van der Waals surface area (Å²) in [5.41, 5.74) is 2.33. The molecule has 1 aromatic carbocycles. The van der Waals surface area contributed by atoms with Crippen LogP contribution >= 0.6 is 0 Å². The second kappa shape index (κ2) is 6.89. The van der Waals surface area contributed by atoms with Gasteiger partial charge in [0.15, 0.2) is 6.04 Å². The predicted molar refractivity (Wildman–Crippen MR) is 81.7 cm³/mol. The number of quaternary nitrogens is 1. The van der Waals surface area contributed by atoms with Gasteiger partial charge in [-0.25, -0.2) is 0 Å². The average molecular weight is 275 g/mol. The maximum atomic E-state index is 12.6. The molecule has 2 N–H and O–H groups in total. The highest BCUT2D eigenvalue weighted by Gasteiger charge is 2.28. The van der Waals surface area contributed by atoms with Crippen molar-refractivity contribution in [2.45, 2.75) is 51.1 Å². The maximum Gasteiger partial charge on any atom is 0.283 e. The molecular formula is C17H27N2O+. The van der Waals surface area contributed by atoms with E-state index >= 15 is 0 Å². The van der Waals surface area contributed by atoms with Crippen LogP contribution in [0.15, 0.2) is 24.3 Å². The highest BCUT2D eigenvalue weighted by molar-refractivity contribution is 5.82. The van der Waals surface area contributed by atoms with E-state index in [2.05, 4.69) is 36.5 Å². The Kier molecular flexibility index (Phi) is 5.18. The molecule has 2 rings (SSSR count). The van der Waals surface area contributed by atoms with E-state index in [4.69, 9.17) is 0 Å². The Morgan fingerprint density at radius 2 is 1.75 bits per heavy atom. The fourth-order valence-electron chi connectivity index (χ4n) is 3.04. The number of hydrogen-bond acceptors (Lipinski definition) is 1. The van der Waals surface area contributed by atoms with E-state index in [1.54, 1.807) is 0 Å². The molecule has 3 heteroatoms. The van der Waals surface area contributed by atoms with Crippen molar-refractivity contribution in [1.82, 2.24) is 5.32 Å². The first-order chi connectivity index (χ1) is 9.58. The number of likely N-dealkylation sites (N-methyl/N-ethyl adjacent to an activating group) is 1. The van der Waals surface area contributed by atoms with Crippen molar-refractivity contribution in [2.75, 3.05) is 14.1 Å². The minimum Gasteiger partial charge on any atom is -0.348 e. The first-order valence-electron chi connectivity index (χ1n) is 7.75. The summed E-state index contributed by atoms with van der Waals surface area (Å²) in [5.74, 6) is 0.167. The number of benzene rings is 1. The van der Waals surface area contributed by atoms with Gasteiger partial charge in [-0.15, -0.1) is 0 Å². The molecule has 1 amide bonds. The van der Waals surface area contributed by atoms with Gasteiger partial charge < -0.3 is 10.2 Å². The van der Waals surface area contributed by atoms with Gasteiger partial charge >= 0.3 is 0 Å². The lowest BCUT2D eigenvalue weighted by Gasteiger charge is -2.27. The van der Waals surface area contributed by atoms with E-state index in [0.29, 0.717) is 6.04 Å². The molecule has 1 saturated carbocycles. The minimum absolute atomic E-state index is 0.113. The molecule has 1 aliphatic carbocycles. The molecule has 20 heavy (non-hydrogen) atoms. The zero-order valence-electron chi connectivity index (χ0n) is 12.9. The molecule has 0 heterocycles. The lowest BCUT2D eigenvalue weighted by atomic mass is 9.94. The van der Waals surface area contributed by atoms with Gasteiger partial charge in [0.2, 0.25) is 0 Å². The summed E-state index contributed by atoms with van der Waals surface area (Å²) in [5, 5.41) is 3.25. The number of amides is 1. The summed E-state index contributed by atoms with van der Waals surface area (Å²) in [7, 11) is 4.09. The van der Waals surface area contributed by atoms with Crippen molar-refractivity contribution in [1.29, 1.82) is 0 Å². The van der Waals surface area contributed by atoms with Crippen LogP contribution in [0.3, 0.4) is 0 Å². The first kappa shape index (κ1) is 15.0. The number of aryl methyl sites for hydroxylation is 1. The summed E-state index contributed by atoms with van der Waals surface area (Å²) < 4.78 is 0. The normalized spacial score (nSPS) is 18.0. The number of carbonyl (C=O) groups is 1. The second-order valence-corrected chi connectivity index (χ2v) is 6.26. The molecule has 1 aliphatic rings. The Labute approximate surface area is 122 Å². The van der Waals surface area contributed by atoms with Crippen LogP contribution in [0.1, 0.15) is 49.3 Å². The van der Waals surface area contributed by atoms with Gasteiger partial charge in [0.05, 0.1) is 14.1 Å². The van der Waals surface area contributed by atoms with E-state index in [1.165, 1.54) is 24.8 Å². The quantitative estimate of drug-likeness (QED) is 0.860. The molecule has 0 radical (unpaired) electrons. The van der Waals surface area contributed by atoms with Crippen molar-refractivity contribution in [3.8, 4) is 0 Å². The Morgan fingerprint density at radius 3 is 2.30 bits per heavy atom. The van der Waals surface area contributed by atoms with Gasteiger partial charge in [-0.2, -0.15) is 0 Å². The van der Waals surface area contributed by atoms with Gasteiger partial charge in [0.25, 0.3) is 5.91 Å². The Hall–Kier alpha value is -1.35. The van der Waals surface area contributed by atoms with Crippen LogP contribution in [0.5, 0.6) is 0 Å². The third kappa shape index (κ3) is 3.83. The van der Waals surface area contributed by atoms with Crippen molar-refractivity contribution >= 4 is 5.91 Å². The zero-order chi connectivity index (χ0) is 14.5. The molecule has 3 nitrogen and oxygen atoms in total. The molecule has 1 aromatic rings. The molecule has 1 fully saturated rings. The minimum atomic E-state index is -0.113. The number of nitrogens with one attached hydrogen (secondary N) is 2. The SMILES string of the molecule is Cc1ccc(C(C(=O)NC2CCCCC2)[NH+](C)C)cc1. The molecule has 0 saturated heterocycles. The summed E-state index contributed by atoms with van der Waals surface area (Å²) in [6, 6.07) is 8.58. The average Bonchev–Trinajstić information content (AvgIpc) is 2.42. The smallest absolute Gasteiger partial charge is 0.283 e. The maximum absolute atomic E-state index is 12.6. The van der Waals surface area contributed by atoms with Gasteiger partial charge in [-0.05, 0) is 19.8 Å². The third-order valence-corrected chi connectivity index (χ3v) is 4.20. The monoisotopic (exact) mass is 275 g/mol. The molecule has 1 unspecified atom stereocenters. The van der Waals surface area contributed by atoms with Crippen molar-refractivity contribution in [3.05, 3.63) is 35.4 Å². The zero-order valence-corrected chi connectivity index (χ0v) is 12.9. The summed E-state index contributed by atoms with van der Waals surface area (Å²) in [4.78, 5) is 13.8. The summed E-state index contributed by atoms with van der Waals surface area (Å²) >= 11 is 0. The third-order valence-electron chi connectivity index (χ3n) is 4.20. The fraction of sp³-hybridized carbons (Fsp3) is 0.588. The predicted octanol–water partition coefficient (Wildman–Crippen LogP) is 1.63. The molecule has 110 valence electrons. The standard InChI is InChI=1S/C17H26N2O/c1-13-9-11-14(12-10-13)16(19(2)3)17(20)18-15-7-5-4-6-8-15/h9-12,15-16H,4-8H2,1-3H3,(H,18,20)/p+1. The Balaban J connectivity index is 2.07. The molecule has 0 spiro atoms. The highest BCUT2D eigenvalue weighted by Crippen LogP contribution is 2.18. The second-order valence-electron chi connectivity index (χ2n) is 6.26. The van der Waals surface area contributed by atoms with Crippen LogP contribution < -0.4 is 10.2 Å². The van der Waals surface area contributed by atoms with Crippen LogP contribution in [0.2, 0.25) is 0 Å². The fourth-order valence-corrected chi connectivity index (χ4v) is 3.04. The first-order valence-corrected chi connectivity index (χ1v) is 7.75. The highest BCUT2D eigenvalue weighted by atomic mass is 16.2. The Morgan fingerprint density at radius 1 is 1.15 bits per heavy atom. The number of carbonyl (C=O) groups excluding carboxylic acids is 1.